The Morgan fingerprint density at radius 2 is 2.00 bits per heavy atom. The summed E-state index contributed by atoms with van der Waals surface area (Å²) in [6.07, 6.45) is 0.827. The minimum Gasteiger partial charge on any atom is -0.338 e. The predicted molar refractivity (Wildman–Crippen MR) is 80.3 cm³/mol. The highest BCUT2D eigenvalue weighted by molar-refractivity contribution is 9.09. The average molecular weight is 340 g/mol. The second-order valence-electron chi connectivity index (χ2n) is 5.22. The molecule has 0 bridgehead atoms. The van der Waals surface area contributed by atoms with E-state index in [2.05, 4.69) is 22.9 Å². The van der Waals surface area contributed by atoms with Gasteiger partial charge in [0.2, 0.25) is 0 Å². The van der Waals surface area contributed by atoms with Crippen molar-refractivity contribution in [3.05, 3.63) is 28.8 Å². The Labute approximate surface area is 127 Å². The van der Waals surface area contributed by atoms with E-state index in [1.165, 1.54) is 5.56 Å². The lowest BCUT2D eigenvalue weighted by atomic mass is 9.99. The molecule has 2 aliphatic rings. The number of aryl methyl sites for hydroxylation is 1. The first kappa shape index (κ1) is 14.0. The third kappa shape index (κ3) is 1.84. The summed E-state index contributed by atoms with van der Waals surface area (Å²) in [5, 5.41) is 0.724. The van der Waals surface area contributed by atoms with E-state index in [1.54, 1.807) is 4.90 Å². The number of hydrogen-bond donors (Lipinski definition) is 0. The van der Waals surface area contributed by atoms with Crippen molar-refractivity contribution in [2.75, 3.05) is 30.0 Å². The van der Waals surface area contributed by atoms with Gasteiger partial charge in [-0.25, -0.2) is 0 Å². The summed E-state index contributed by atoms with van der Waals surface area (Å²) < 4.78 is 11.6. The molecular formula is C15H18BrNO3. The van der Waals surface area contributed by atoms with Gasteiger partial charge in [0.15, 0.2) is 0 Å². The maximum Gasteiger partial charge on any atom is 0.292 e. The van der Waals surface area contributed by atoms with Crippen molar-refractivity contribution in [3.63, 3.8) is 0 Å². The van der Waals surface area contributed by atoms with Crippen molar-refractivity contribution in [2.24, 2.45) is 0 Å². The highest BCUT2D eigenvalue weighted by Gasteiger charge is 2.55. The number of alkyl halides is 1. The smallest absolute Gasteiger partial charge is 0.292 e. The van der Waals surface area contributed by atoms with Gasteiger partial charge in [0.1, 0.15) is 0 Å². The van der Waals surface area contributed by atoms with Crippen LogP contribution in [0.2, 0.25) is 0 Å². The number of benzene rings is 1. The number of rotatable bonds is 2. The molecule has 5 heteroatoms. The number of nitrogens with zero attached hydrogens (tertiary/aromatic N) is 1. The Bertz CT molecular complexity index is 552. The van der Waals surface area contributed by atoms with E-state index in [0.29, 0.717) is 19.8 Å². The lowest BCUT2D eigenvalue weighted by molar-refractivity contribution is -0.256. The zero-order chi connectivity index (χ0) is 14.3. The SMILES string of the molecule is Cc1ccc2c(c1C)N(CCBr)C(=O)C21OCCCO1. The van der Waals surface area contributed by atoms with Gasteiger partial charge in [-0.15, -0.1) is 0 Å². The summed E-state index contributed by atoms with van der Waals surface area (Å²) in [6.45, 7) is 5.83. The fraction of sp³-hybridized carbons (Fsp3) is 0.533. The van der Waals surface area contributed by atoms with Crippen molar-refractivity contribution in [2.45, 2.75) is 26.1 Å². The summed E-state index contributed by atoms with van der Waals surface area (Å²) >= 11 is 3.42. The van der Waals surface area contributed by atoms with Crippen molar-refractivity contribution in [3.8, 4) is 0 Å². The first-order chi connectivity index (χ1) is 9.62. The number of anilines is 1. The summed E-state index contributed by atoms with van der Waals surface area (Å²) in [7, 11) is 0. The Morgan fingerprint density at radius 3 is 2.65 bits per heavy atom. The Balaban J connectivity index is 2.18. The zero-order valence-corrected chi connectivity index (χ0v) is 13.3. The van der Waals surface area contributed by atoms with Crippen LogP contribution in [-0.4, -0.2) is 31.0 Å². The standard InChI is InChI=1S/C15H18BrNO3/c1-10-4-5-12-13(11(10)2)17(7-6-16)14(18)15(12)19-8-3-9-20-15/h4-5H,3,6-9H2,1-2H3. The number of fused-ring (bicyclic) bond motifs is 2. The Hall–Kier alpha value is -0.910. The second-order valence-corrected chi connectivity index (χ2v) is 6.01. The van der Waals surface area contributed by atoms with E-state index in [1.807, 2.05) is 19.1 Å². The van der Waals surface area contributed by atoms with Gasteiger partial charge in [-0.2, -0.15) is 0 Å². The lowest BCUT2D eigenvalue weighted by Crippen LogP contribution is -2.47. The van der Waals surface area contributed by atoms with Gasteiger partial charge >= 0.3 is 0 Å². The summed E-state index contributed by atoms with van der Waals surface area (Å²) in [4.78, 5) is 14.6. The predicted octanol–water partition coefficient (Wildman–Crippen LogP) is 2.63. The Kier molecular flexibility index (Phi) is 3.60. The minimum absolute atomic E-state index is 0.0969. The van der Waals surface area contributed by atoms with Gasteiger partial charge in [-0.3, -0.25) is 4.79 Å². The van der Waals surface area contributed by atoms with Gasteiger partial charge in [-0.05, 0) is 31.4 Å². The molecule has 4 nitrogen and oxygen atoms in total. The van der Waals surface area contributed by atoms with E-state index in [4.69, 9.17) is 9.47 Å². The molecule has 0 saturated carbocycles. The molecule has 0 N–H and O–H groups in total. The van der Waals surface area contributed by atoms with Crippen LogP contribution in [-0.2, 0) is 20.1 Å². The Morgan fingerprint density at radius 1 is 1.30 bits per heavy atom. The van der Waals surface area contributed by atoms with Crippen molar-refractivity contribution in [1.82, 2.24) is 0 Å². The maximum atomic E-state index is 12.8. The molecular weight excluding hydrogens is 322 g/mol. The minimum atomic E-state index is -1.21. The number of ether oxygens (including phenoxy) is 2. The van der Waals surface area contributed by atoms with E-state index in [0.717, 1.165) is 28.6 Å². The van der Waals surface area contributed by atoms with Crippen LogP contribution >= 0.6 is 15.9 Å². The maximum absolute atomic E-state index is 12.8. The van der Waals surface area contributed by atoms with Crippen LogP contribution in [0.3, 0.4) is 0 Å². The van der Waals surface area contributed by atoms with Crippen LogP contribution in [0.5, 0.6) is 0 Å². The number of hydrogen-bond acceptors (Lipinski definition) is 3. The number of halogens is 1. The molecule has 0 unspecified atom stereocenters. The summed E-state index contributed by atoms with van der Waals surface area (Å²) in [6, 6.07) is 4.00. The van der Waals surface area contributed by atoms with Crippen LogP contribution in [0.1, 0.15) is 23.1 Å². The molecule has 3 rings (SSSR count). The van der Waals surface area contributed by atoms with Crippen LogP contribution in [0.25, 0.3) is 0 Å². The van der Waals surface area contributed by atoms with E-state index in [-0.39, 0.29) is 5.91 Å². The van der Waals surface area contributed by atoms with E-state index < -0.39 is 5.79 Å². The van der Waals surface area contributed by atoms with Crippen LogP contribution in [0.15, 0.2) is 12.1 Å². The van der Waals surface area contributed by atoms with Crippen molar-refractivity contribution < 1.29 is 14.3 Å². The first-order valence-corrected chi connectivity index (χ1v) is 8.00. The van der Waals surface area contributed by atoms with Gasteiger partial charge in [-0.1, -0.05) is 28.1 Å². The third-order valence-electron chi connectivity index (χ3n) is 4.06. The molecule has 1 aromatic rings. The molecule has 1 aromatic carbocycles. The second kappa shape index (κ2) is 5.13. The quantitative estimate of drug-likeness (QED) is 0.777. The molecule has 1 fully saturated rings. The van der Waals surface area contributed by atoms with Gasteiger partial charge < -0.3 is 14.4 Å². The third-order valence-corrected chi connectivity index (χ3v) is 4.42. The lowest BCUT2D eigenvalue weighted by Gasteiger charge is -2.32. The highest BCUT2D eigenvalue weighted by atomic mass is 79.9. The largest absolute Gasteiger partial charge is 0.338 e. The molecule has 0 aliphatic carbocycles. The van der Waals surface area contributed by atoms with Crippen LogP contribution < -0.4 is 4.90 Å². The summed E-state index contributed by atoms with van der Waals surface area (Å²) in [5.41, 5.74) is 4.10. The fourth-order valence-electron chi connectivity index (χ4n) is 2.92. The normalized spacial score (nSPS) is 20.6. The van der Waals surface area contributed by atoms with E-state index in [9.17, 15) is 4.79 Å². The van der Waals surface area contributed by atoms with Gasteiger partial charge in [0, 0.05) is 17.4 Å². The van der Waals surface area contributed by atoms with Gasteiger partial charge in [0.05, 0.1) is 18.9 Å². The molecule has 2 aliphatic heterocycles. The molecule has 0 atom stereocenters. The molecule has 1 saturated heterocycles. The first-order valence-electron chi connectivity index (χ1n) is 6.88. The van der Waals surface area contributed by atoms with Crippen molar-refractivity contribution >= 4 is 27.5 Å². The summed E-state index contributed by atoms with van der Waals surface area (Å²) in [5.74, 6) is -1.31. The van der Waals surface area contributed by atoms with Crippen LogP contribution in [0.4, 0.5) is 5.69 Å². The van der Waals surface area contributed by atoms with Crippen LogP contribution in [0, 0.1) is 13.8 Å². The zero-order valence-electron chi connectivity index (χ0n) is 11.7. The van der Waals surface area contributed by atoms with Crippen molar-refractivity contribution in [1.29, 1.82) is 0 Å². The fourth-order valence-corrected chi connectivity index (χ4v) is 3.27. The monoisotopic (exact) mass is 339 g/mol. The molecule has 0 aromatic heterocycles. The average Bonchev–Trinajstić information content (AvgIpc) is 2.68. The molecule has 2 heterocycles. The molecule has 1 amide bonds. The number of carbonyl (C=O) groups is 1. The van der Waals surface area contributed by atoms with E-state index >= 15 is 0 Å². The molecule has 108 valence electrons. The molecule has 0 radical (unpaired) electrons. The molecule has 1 spiro atoms. The highest BCUT2D eigenvalue weighted by Crippen LogP contribution is 2.47. The topological polar surface area (TPSA) is 38.8 Å². The van der Waals surface area contributed by atoms with Gasteiger partial charge in [0.25, 0.3) is 11.7 Å². The number of amides is 1. The molecule has 20 heavy (non-hydrogen) atoms. The number of carbonyl (C=O) groups excluding carboxylic acids is 1.